The van der Waals surface area contributed by atoms with Crippen molar-refractivity contribution < 1.29 is 0 Å². The van der Waals surface area contributed by atoms with Crippen LogP contribution in [-0.2, 0) is 6.42 Å². The number of rotatable bonds is 4. The van der Waals surface area contributed by atoms with E-state index in [2.05, 4.69) is 21.5 Å². The summed E-state index contributed by atoms with van der Waals surface area (Å²) in [6.45, 7) is 2.26. The number of alkyl halides is 1. The molecule has 3 rings (SSSR count). The highest BCUT2D eigenvalue weighted by molar-refractivity contribution is 6.34. The minimum absolute atomic E-state index is 0.428. The Morgan fingerprint density at radius 1 is 1.42 bits per heavy atom. The molecule has 0 spiro atoms. The number of nitrogens with zero attached hydrogens (tertiary/aromatic N) is 3. The van der Waals surface area contributed by atoms with Gasteiger partial charge >= 0.3 is 0 Å². The van der Waals surface area contributed by atoms with E-state index >= 15 is 0 Å². The first-order valence-corrected chi connectivity index (χ1v) is 7.70. The maximum absolute atomic E-state index is 6.33. The van der Waals surface area contributed by atoms with E-state index in [1.807, 2.05) is 0 Å². The van der Waals surface area contributed by atoms with Gasteiger partial charge in [0.15, 0.2) is 0 Å². The van der Waals surface area contributed by atoms with Gasteiger partial charge in [-0.25, -0.2) is 4.98 Å². The molecule has 2 aromatic heterocycles. The summed E-state index contributed by atoms with van der Waals surface area (Å²) in [6.07, 6.45) is 8.17. The van der Waals surface area contributed by atoms with Crippen molar-refractivity contribution in [2.45, 2.75) is 38.6 Å². The van der Waals surface area contributed by atoms with Crippen LogP contribution in [0.2, 0.25) is 5.02 Å². The lowest BCUT2D eigenvalue weighted by molar-refractivity contribution is 0.223. The molecule has 2 heterocycles. The lowest BCUT2D eigenvalue weighted by Crippen LogP contribution is -2.24. The van der Waals surface area contributed by atoms with Crippen LogP contribution >= 0.6 is 23.2 Å². The molecule has 102 valence electrons. The molecule has 3 nitrogen and oxygen atoms in total. The highest BCUT2D eigenvalue weighted by Crippen LogP contribution is 2.39. The van der Waals surface area contributed by atoms with Crippen LogP contribution in [0.5, 0.6) is 0 Å². The summed E-state index contributed by atoms with van der Waals surface area (Å²) in [7, 11) is 0. The summed E-state index contributed by atoms with van der Waals surface area (Å²) < 4.78 is 2.28. The average molecular weight is 298 g/mol. The average Bonchev–Trinajstić information content (AvgIpc) is 2.66. The molecular formula is C14H17Cl2N3. The molecule has 0 saturated heterocycles. The molecule has 1 saturated carbocycles. The van der Waals surface area contributed by atoms with Crippen LogP contribution in [0.25, 0.3) is 11.0 Å². The number of hydrogen-bond acceptors (Lipinski definition) is 2. The fourth-order valence-corrected chi connectivity index (χ4v) is 3.31. The maximum atomic E-state index is 6.33. The van der Waals surface area contributed by atoms with E-state index in [0.29, 0.717) is 16.9 Å². The van der Waals surface area contributed by atoms with Gasteiger partial charge in [-0.1, -0.05) is 18.0 Å². The third-order valence-electron chi connectivity index (χ3n) is 4.18. The van der Waals surface area contributed by atoms with Gasteiger partial charge in [-0.2, -0.15) is 0 Å². The minimum atomic E-state index is 0.428. The van der Waals surface area contributed by atoms with Crippen molar-refractivity contribution in [2.24, 2.45) is 5.92 Å². The predicted octanol–water partition coefficient (Wildman–Crippen LogP) is 4.23. The van der Waals surface area contributed by atoms with Crippen LogP contribution < -0.4 is 0 Å². The molecule has 2 aromatic rings. The third-order valence-corrected chi connectivity index (χ3v) is 4.65. The Morgan fingerprint density at radius 3 is 2.84 bits per heavy atom. The molecule has 1 fully saturated rings. The summed E-state index contributed by atoms with van der Waals surface area (Å²) in [5.74, 6) is 2.33. The molecule has 1 aliphatic carbocycles. The van der Waals surface area contributed by atoms with Crippen molar-refractivity contribution in [1.82, 2.24) is 14.5 Å². The highest BCUT2D eigenvalue weighted by atomic mass is 35.5. The number of imidazole rings is 1. The van der Waals surface area contributed by atoms with Gasteiger partial charge in [-0.05, 0) is 25.7 Å². The molecule has 1 atom stereocenters. The normalized spacial score (nSPS) is 17.6. The van der Waals surface area contributed by atoms with E-state index in [0.717, 1.165) is 29.2 Å². The van der Waals surface area contributed by atoms with E-state index < -0.39 is 0 Å². The first-order chi connectivity index (χ1) is 9.22. The number of pyridine rings is 1. The van der Waals surface area contributed by atoms with E-state index in [4.69, 9.17) is 23.2 Å². The van der Waals surface area contributed by atoms with E-state index in [1.165, 1.54) is 19.3 Å². The van der Waals surface area contributed by atoms with Gasteiger partial charge in [0, 0.05) is 24.5 Å². The second-order valence-electron chi connectivity index (χ2n) is 5.26. The monoisotopic (exact) mass is 297 g/mol. The van der Waals surface area contributed by atoms with Gasteiger partial charge in [-0.15, -0.1) is 11.6 Å². The molecule has 1 unspecified atom stereocenters. The molecular weight excluding hydrogens is 281 g/mol. The topological polar surface area (TPSA) is 30.7 Å². The van der Waals surface area contributed by atoms with E-state index in [-0.39, 0.29) is 0 Å². The van der Waals surface area contributed by atoms with Crippen molar-refractivity contribution >= 4 is 34.2 Å². The number of fused-ring (bicyclic) bond motifs is 1. The number of hydrogen-bond donors (Lipinski definition) is 0. The number of halogens is 2. The third kappa shape index (κ3) is 2.23. The SMILES string of the molecule is CC(C1CCC1)n1c(CCCl)nc2cncc(Cl)c21. The van der Waals surface area contributed by atoms with Crippen molar-refractivity contribution in [1.29, 1.82) is 0 Å². The van der Waals surface area contributed by atoms with Crippen molar-refractivity contribution in [2.75, 3.05) is 5.88 Å². The summed E-state index contributed by atoms with van der Waals surface area (Å²) in [4.78, 5) is 8.78. The Morgan fingerprint density at radius 2 is 2.21 bits per heavy atom. The van der Waals surface area contributed by atoms with Crippen LogP contribution in [0.1, 0.15) is 38.1 Å². The zero-order chi connectivity index (χ0) is 13.4. The standard InChI is InChI=1S/C14H17Cl2N3/c1-9(10-3-2-4-10)19-13(5-6-15)18-12-8-17-7-11(16)14(12)19/h7-10H,2-6H2,1H3. The smallest absolute Gasteiger partial charge is 0.111 e. The first-order valence-electron chi connectivity index (χ1n) is 6.78. The van der Waals surface area contributed by atoms with Crippen LogP contribution in [-0.4, -0.2) is 20.4 Å². The summed E-state index contributed by atoms with van der Waals surface area (Å²) in [6, 6.07) is 0.428. The van der Waals surface area contributed by atoms with Crippen LogP contribution in [0.3, 0.4) is 0 Å². The maximum Gasteiger partial charge on any atom is 0.111 e. The molecule has 1 aliphatic rings. The Bertz CT molecular complexity index is 590. The Balaban J connectivity index is 2.14. The van der Waals surface area contributed by atoms with Crippen LogP contribution in [0.15, 0.2) is 12.4 Å². The van der Waals surface area contributed by atoms with Gasteiger partial charge in [0.05, 0.1) is 16.7 Å². The van der Waals surface area contributed by atoms with Crippen molar-refractivity contribution in [3.05, 3.63) is 23.2 Å². The minimum Gasteiger partial charge on any atom is -0.324 e. The van der Waals surface area contributed by atoms with Gasteiger partial charge < -0.3 is 4.57 Å². The zero-order valence-electron chi connectivity index (χ0n) is 10.9. The summed E-state index contributed by atoms with van der Waals surface area (Å²) >= 11 is 12.2. The molecule has 0 amide bonds. The second-order valence-corrected chi connectivity index (χ2v) is 6.04. The van der Waals surface area contributed by atoms with E-state index in [1.54, 1.807) is 12.4 Å². The van der Waals surface area contributed by atoms with Gasteiger partial charge in [0.1, 0.15) is 11.3 Å². The number of aryl methyl sites for hydroxylation is 1. The quantitative estimate of drug-likeness (QED) is 0.791. The predicted molar refractivity (Wildman–Crippen MR) is 79.0 cm³/mol. The molecule has 5 heteroatoms. The van der Waals surface area contributed by atoms with E-state index in [9.17, 15) is 0 Å². The van der Waals surface area contributed by atoms with Gasteiger partial charge in [0.2, 0.25) is 0 Å². The second kappa shape index (κ2) is 5.29. The molecule has 0 N–H and O–H groups in total. The lowest BCUT2D eigenvalue weighted by Gasteiger charge is -2.33. The summed E-state index contributed by atoms with van der Waals surface area (Å²) in [5.41, 5.74) is 1.88. The molecule has 0 bridgehead atoms. The Kier molecular flexibility index (Phi) is 3.68. The highest BCUT2D eigenvalue weighted by Gasteiger charge is 2.28. The Hall–Kier alpha value is -0.800. The fourth-order valence-electron chi connectivity index (χ4n) is 2.89. The lowest BCUT2D eigenvalue weighted by atomic mass is 9.80. The largest absolute Gasteiger partial charge is 0.324 e. The van der Waals surface area contributed by atoms with Crippen LogP contribution in [0, 0.1) is 5.92 Å². The molecule has 0 aromatic carbocycles. The molecule has 19 heavy (non-hydrogen) atoms. The zero-order valence-corrected chi connectivity index (χ0v) is 12.5. The van der Waals surface area contributed by atoms with Crippen LogP contribution in [0.4, 0.5) is 0 Å². The summed E-state index contributed by atoms with van der Waals surface area (Å²) in [5, 5.41) is 0.678. The fraction of sp³-hybridized carbons (Fsp3) is 0.571. The Labute approximate surface area is 122 Å². The van der Waals surface area contributed by atoms with Crippen molar-refractivity contribution in [3.63, 3.8) is 0 Å². The number of aromatic nitrogens is 3. The molecule has 0 radical (unpaired) electrons. The molecule has 0 aliphatic heterocycles. The van der Waals surface area contributed by atoms with Gasteiger partial charge in [-0.3, -0.25) is 4.98 Å². The van der Waals surface area contributed by atoms with Gasteiger partial charge in [0.25, 0.3) is 0 Å². The first kappa shape index (κ1) is 13.2. The van der Waals surface area contributed by atoms with Crippen molar-refractivity contribution in [3.8, 4) is 0 Å².